The fourth-order valence-electron chi connectivity index (χ4n) is 1.97. The first-order valence-corrected chi connectivity index (χ1v) is 6.95. The van der Waals surface area contributed by atoms with Crippen LogP contribution in [0.4, 0.5) is 8.78 Å². The van der Waals surface area contributed by atoms with Gasteiger partial charge in [0.05, 0.1) is 11.6 Å². The molecule has 1 aliphatic heterocycles. The molecule has 1 unspecified atom stereocenters. The standard InChI is InChI=1S/C11H11F2N3O2S/c12-9-3-7(5-14)4-10(13)11(9)19(17,18)16-2-1-8(15)6-16/h3-4,8H,1-2,6,15H2. The quantitative estimate of drug-likeness (QED) is 0.861. The highest BCUT2D eigenvalue weighted by Gasteiger charge is 2.35. The van der Waals surface area contributed by atoms with Gasteiger partial charge in [0.1, 0.15) is 11.6 Å². The number of nitriles is 1. The molecule has 0 amide bonds. The van der Waals surface area contributed by atoms with Crippen LogP contribution < -0.4 is 5.73 Å². The van der Waals surface area contributed by atoms with E-state index in [0.717, 1.165) is 4.31 Å². The number of nitrogens with zero attached hydrogens (tertiary/aromatic N) is 2. The van der Waals surface area contributed by atoms with Crippen LogP contribution in [0.1, 0.15) is 12.0 Å². The van der Waals surface area contributed by atoms with E-state index in [2.05, 4.69) is 0 Å². The van der Waals surface area contributed by atoms with Gasteiger partial charge in [-0.05, 0) is 18.6 Å². The van der Waals surface area contributed by atoms with Crippen molar-refractivity contribution in [3.05, 3.63) is 29.3 Å². The third kappa shape index (κ3) is 2.45. The van der Waals surface area contributed by atoms with Gasteiger partial charge in [0.15, 0.2) is 4.90 Å². The van der Waals surface area contributed by atoms with Gasteiger partial charge in [0.25, 0.3) is 0 Å². The minimum atomic E-state index is -4.26. The second-order valence-electron chi connectivity index (χ2n) is 4.29. The molecular formula is C11H11F2N3O2S. The number of nitrogens with two attached hydrogens (primary N) is 1. The maximum absolute atomic E-state index is 13.7. The molecule has 1 aromatic carbocycles. The molecule has 2 rings (SSSR count). The SMILES string of the molecule is N#Cc1cc(F)c(S(=O)(=O)N2CCC(N)C2)c(F)c1. The highest BCUT2D eigenvalue weighted by molar-refractivity contribution is 7.89. The summed E-state index contributed by atoms with van der Waals surface area (Å²) in [6.45, 7) is 0.156. The molecule has 8 heteroatoms. The first-order valence-electron chi connectivity index (χ1n) is 5.51. The summed E-state index contributed by atoms with van der Waals surface area (Å²) in [6, 6.07) is 2.62. The van der Waals surface area contributed by atoms with Crippen molar-refractivity contribution in [1.82, 2.24) is 4.31 Å². The van der Waals surface area contributed by atoms with Crippen LogP contribution in [0, 0.1) is 23.0 Å². The van der Waals surface area contributed by atoms with Crippen molar-refractivity contribution in [1.29, 1.82) is 5.26 Å². The van der Waals surface area contributed by atoms with Gasteiger partial charge in [-0.15, -0.1) is 0 Å². The molecule has 1 heterocycles. The molecular weight excluding hydrogens is 276 g/mol. The van der Waals surface area contributed by atoms with Crippen molar-refractivity contribution in [2.24, 2.45) is 5.73 Å². The minimum Gasteiger partial charge on any atom is -0.326 e. The highest BCUT2D eigenvalue weighted by Crippen LogP contribution is 2.26. The Morgan fingerprint density at radius 2 is 1.95 bits per heavy atom. The zero-order valence-corrected chi connectivity index (χ0v) is 10.6. The molecule has 102 valence electrons. The fraction of sp³-hybridized carbons (Fsp3) is 0.364. The van der Waals surface area contributed by atoms with E-state index < -0.39 is 26.6 Å². The van der Waals surface area contributed by atoms with Crippen LogP contribution in [-0.4, -0.2) is 31.9 Å². The fourth-order valence-corrected chi connectivity index (χ4v) is 3.57. The second-order valence-corrected chi connectivity index (χ2v) is 6.17. The molecule has 5 nitrogen and oxygen atoms in total. The molecule has 1 aromatic rings. The lowest BCUT2D eigenvalue weighted by atomic mass is 10.2. The predicted octanol–water partition coefficient (Wildman–Crippen LogP) is 0.558. The third-order valence-corrected chi connectivity index (χ3v) is 4.83. The summed E-state index contributed by atoms with van der Waals surface area (Å²) in [5.74, 6) is -2.53. The van der Waals surface area contributed by atoms with Gasteiger partial charge in [0, 0.05) is 19.1 Å². The Morgan fingerprint density at radius 3 is 2.37 bits per heavy atom. The van der Waals surface area contributed by atoms with Gasteiger partial charge in [-0.25, -0.2) is 17.2 Å². The molecule has 0 bridgehead atoms. The first-order chi connectivity index (χ1) is 8.86. The lowest BCUT2D eigenvalue weighted by Crippen LogP contribution is -2.33. The minimum absolute atomic E-state index is 0.0290. The number of rotatable bonds is 2. The average Bonchev–Trinajstić information content (AvgIpc) is 2.75. The van der Waals surface area contributed by atoms with Crippen molar-refractivity contribution in [3.63, 3.8) is 0 Å². The Kier molecular flexibility index (Phi) is 3.54. The molecule has 0 aliphatic carbocycles. The predicted molar refractivity (Wildman–Crippen MR) is 62.4 cm³/mol. The van der Waals surface area contributed by atoms with Crippen LogP contribution in [0.15, 0.2) is 17.0 Å². The summed E-state index contributed by atoms with van der Waals surface area (Å²) in [7, 11) is -4.26. The average molecular weight is 287 g/mol. The van der Waals surface area contributed by atoms with Gasteiger partial charge < -0.3 is 5.73 Å². The molecule has 1 atom stereocenters. The number of halogens is 2. The van der Waals surface area contributed by atoms with E-state index in [0.29, 0.717) is 18.6 Å². The number of hydrogen-bond donors (Lipinski definition) is 1. The summed E-state index contributed by atoms with van der Waals surface area (Å²) >= 11 is 0. The van der Waals surface area contributed by atoms with Crippen molar-refractivity contribution < 1.29 is 17.2 Å². The zero-order valence-electron chi connectivity index (χ0n) is 9.81. The van der Waals surface area contributed by atoms with Gasteiger partial charge in [0.2, 0.25) is 10.0 Å². The van der Waals surface area contributed by atoms with Crippen LogP contribution in [0.2, 0.25) is 0 Å². The number of benzene rings is 1. The summed E-state index contributed by atoms with van der Waals surface area (Å²) < 4.78 is 52.6. The topological polar surface area (TPSA) is 87.2 Å². The molecule has 1 saturated heterocycles. The largest absolute Gasteiger partial charge is 0.326 e. The van der Waals surface area contributed by atoms with E-state index in [4.69, 9.17) is 11.0 Å². The van der Waals surface area contributed by atoms with Gasteiger partial charge in [-0.2, -0.15) is 9.57 Å². The van der Waals surface area contributed by atoms with E-state index in [1.807, 2.05) is 0 Å². The number of sulfonamides is 1. The van der Waals surface area contributed by atoms with Crippen molar-refractivity contribution in [2.45, 2.75) is 17.4 Å². The molecule has 0 spiro atoms. The van der Waals surface area contributed by atoms with Gasteiger partial charge >= 0.3 is 0 Å². The van der Waals surface area contributed by atoms with E-state index >= 15 is 0 Å². The molecule has 1 aliphatic rings. The lowest BCUT2D eigenvalue weighted by molar-refractivity contribution is 0.452. The smallest absolute Gasteiger partial charge is 0.248 e. The van der Waals surface area contributed by atoms with E-state index in [1.165, 1.54) is 0 Å². The Hall–Kier alpha value is -1.56. The Bertz CT molecular complexity index is 631. The summed E-state index contributed by atoms with van der Waals surface area (Å²) in [5, 5.41) is 8.57. The van der Waals surface area contributed by atoms with Crippen LogP contribution in [-0.2, 0) is 10.0 Å². The molecule has 0 aromatic heterocycles. The molecule has 19 heavy (non-hydrogen) atoms. The van der Waals surface area contributed by atoms with Crippen molar-refractivity contribution in [3.8, 4) is 6.07 Å². The molecule has 1 fully saturated rings. The maximum atomic E-state index is 13.7. The van der Waals surface area contributed by atoms with Crippen LogP contribution in [0.5, 0.6) is 0 Å². The Labute approximate surface area is 109 Å². The summed E-state index contributed by atoms with van der Waals surface area (Å²) in [4.78, 5) is -1.03. The zero-order chi connectivity index (χ0) is 14.2. The number of hydrogen-bond acceptors (Lipinski definition) is 4. The van der Waals surface area contributed by atoms with E-state index in [-0.39, 0.29) is 24.7 Å². The normalized spacial score (nSPS) is 20.4. The van der Waals surface area contributed by atoms with Crippen molar-refractivity contribution in [2.75, 3.05) is 13.1 Å². The monoisotopic (exact) mass is 287 g/mol. The first kappa shape index (κ1) is 13.9. The van der Waals surface area contributed by atoms with Crippen LogP contribution in [0.25, 0.3) is 0 Å². The summed E-state index contributed by atoms with van der Waals surface area (Å²) in [6.07, 6.45) is 0.443. The summed E-state index contributed by atoms with van der Waals surface area (Å²) in [5.41, 5.74) is 5.31. The lowest BCUT2D eigenvalue weighted by Gasteiger charge is -2.16. The Balaban J connectivity index is 2.50. The van der Waals surface area contributed by atoms with Crippen LogP contribution in [0.3, 0.4) is 0 Å². The maximum Gasteiger partial charge on any atom is 0.248 e. The van der Waals surface area contributed by atoms with Crippen molar-refractivity contribution >= 4 is 10.0 Å². The molecule has 0 radical (unpaired) electrons. The molecule has 2 N–H and O–H groups in total. The second kappa shape index (κ2) is 4.85. The molecule has 0 saturated carbocycles. The van der Waals surface area contributed by atoms with E-state index in [1.54, 1.807) is 6.07 Å². The van der Waals surface area contributed by atoms with E-state index in [9.17, 15) is 17.2 Å². The van der Waals surface area contributed by atoms with Crippen LogP contribution >= 0.6 is 0 Å². The highest BCUT2D eigenvalue weighted by atomic mass is 32.2. The third-order valence-electron chi connectivity index (χ3n) is 2.91. The van der Waals surface area contributed by atoms with Gasteiger partial charge in [-0.1, -0.05) is 0 Å². The Morgan fingerprint density at radius 1 is 1.37 bits per heavy atom. The van der Waals surface area contributed by atoms with Gasteiger partial charge in [-0.3, -0.25) is 0 Å².